The number of anilines is 1. The van der Waals surface area contributed by atoms with E-state index in [1.54, 1.807) is 48.5 Å². The van der Waals surface area contributed by atoms with E-state index in [0.717, 1.165) is 11.1 Å². The van der Waals surface area contributed by atoms with E-state index in [4.69, 9.17) is 25.5 Å². The molecule has 12 heteroatoms. The molecule has 1 aliphatic heterocycles. The summed E-state index contributed by atoms with van der Waals surface area (Å²) in [6, 6.07) is 13.8. The maximum Gasteiger partial charge on any atom is 0.351 e. The van der Waals surface area contributed by atoms with Crippen molar-refractivity contribution >= 4 is 17.8 Å². The van der Waals surface area contributed by atoms with Gasteiger partial charge >= 0.3 is 17.6 Å². The van der Waals surface area contributed by atoms with Crippen molar-refractivity contribution in [3.05, 3.63) is 103 Å². The molecule has 0 aliphatic carbocycles. The van der Waals surface area contributed by atoms with Crippen molar-refractivity contribution in [1.29, 1.82) is 0 Å². The second-order valence-corrected chi connectivity index (χ2v) is 9.18. The Kier molecular flexibility index (Phi) is 8.60. The molecule has 0 radical (unpaired) electrons. The largest absolute Gasteiger partial charge is 0.459 e. The molecule has 0 spiro atoms. The van der Waals surface area contributed by atoms with E-state index >= 15 is 0 Å². The van der Waals surface area contributed by atoms with Crippen LogP contribution < -0.4 is 11.4 Å². The molecule has 1 fully saturated rings. The van der Waals surface area contributed by atoms with E-state index in [2.05, 4.69) is 15.0 Å². The predicted molar refractivity (Wildman–Crippen MR) is 141 cm³/mol. The van der Waals surface area contributed by atoms with Crippen molar-refractivity contribution < 1.29 is 23.8 Å². The highest BCUT2D eigenvalue weighted by Gasteiger charge is 2.40. The first-order valence-electron chi connectivity index (χ1n) is 12.3. The van der Waals surface area contributed by atoms with Gasteiger partial charge in [0.25, 0.3) is 0 Å². The number of benzene rings is 2. The molecule has 1 aromatic heterocycles. The molecule has 2 N–H and O–H groups in total. The van der Waals surface area contributed by atoms with Crippen LogP contribution in [0.5, 0.6) is 0 Å². The highest BCUT2D eigenvalue weighted by atomic mass is 16.6. The Morgan fingerprint density at radius 2 is 1.72 bits per heavy atom. The highest BCUT2D eigenvalue weighted by Crippen LogP contribution is 2.31. The topological polar surface area (TPSA) is 171 Å². The molecule has 2 aromatic carbocycles. The standard InChI is InChI=1S/C27H28N6O6/c1-16-3-7-18(8-4-16)25(34)37-15-22-21(39-26(35)19-9-5-17(2)6-10-19)13-23(38-22)33-14-20(11-12-30-32-29)24(28)31-27(33)36/h3-10,14,21-23H,11-13,15H2,1-2H3,(H2,28,31,36). The number of aromatic nitrogens is 2. The van der Waals surface area contributed by atoms with Crippen LogP contribution in [0.3, 0.4) is 0 Å². The molecule has 3 atom stereocenters. The number of esters is 2. The van der Waals surface area contributed by atoms with Crippen molar-refractivity contribution in [2.75, 3.05) is 18.9 Å². The zero-order valence-electron chi connectivity index (χ0n) is 21.5. The van der Waals surface area contributed by atoms with Crippen molar-refractivity contribution in [3.8, 4) is 0 Å². The molecule has 39 heavy (non-hydrogen) atoms. The molecule has 0 amide bonds. The maximum atomic E-state index is 12.9. The van der Waals surface area contributed by atoms with Crippen LogP contribution in [0.2, 0.25) is 0 Å². The Labute approximate surface area is 224 Å². The summed E-state index contributed by atoms with van der Waals surface area (Å²) in [5.41, 5.74) is 17.0. The van der Waals surface area contributed by atoms with Crippen LogP contribution in [-0.2, 0) is 20.6 Å². The monoisotopic (exact) mass is 532 g/mol. The van der Waals surface area contributed by atoms with Gasteiger partial charge in [0.2, 0.25) is 0 Å². The number of ether oxygens (including phenoxy) is 3. The lowest BCUT2D eigenvalue weighted by molar-refractivity contribution is -0.0582. The van der Waals surface area contributed by atoms with E-state index < -0.39 is 36.1 Å². The Hall–Kier alpha value is -4.67. The highest BCUT2D eigenvalue weighted by molar-refractivity contribution is 5.90. The van der Waals surface area contributed by atoms with Crippen LogP contribution >= 0.6 is 0 Å². The van der Waals surface area contributed by atoms with Gasteiger partial charge in [0.05, 0.1) is 11.1 Å². The summed E-state index contributed by atoms with van der Waals surface area (Å²) in [5.74, 6) is -1.11. The first kappa shape index (κ1) is 27.4. The third-order valence-corrected chi connectivity index (χ3v) is 6.31. The van der Waals surface area contributed by atoms with Gasteiger partial charge in [0, 0.05) is 29.6 Å². The van der Waals surface area contributed by atoms with Gasteiger partial charge < -0.3 is 19.9 Å². The summed E-state index contributed by atoms with van der Waals surface area (Å²) in [6.07, 6.45) is -0.699. The Morgan fingerprint density at radius 1 is 1.10 bits per heavy atom. The number of nitrogen functional groups attached to an aromatic ring is 1. The lowest BCUT2D eigenvalue weighted by atomic mass is 10.1. The summed E-state index contributed by atoms with van der Waals surface area (Å²) in [7, 11) is 0. The zero-order valence-corrected chi connectivity index (χ0v) is 21.5. The van der Waals surface area contributed by atoms with Crippen LogP contribution in [0.4, 0.5) is 5.82 Å². The normalized spacial score (nSPS) is 18.3. The summed E-state index contributed by atoms with van der Waals surface area (Å²) in [5, 5.41) is 3.49. The zero-order chi connectivity index (χ0) is 27.9. The quantitative estimate of drug-likeness (QED) is 0.188. The molecule has 12 nitrogen and oxygen atoms in total. The van der Waals surface area contributed by atoms with E-state index in [9.17, 15) is 14.4 Å². The Balaban J connectivity index is 1.55. The van der Waals surface area contributed by atoms with Crippen LogP contribution in [0, 0.1) is 13.8 Å². The number of nitrogens with two attached hydrogens (primary N) is 1. The summed E-state index contributed by atoms with van der Waals surface area (Å²) >= 11 is 0. The Morgan fingerprint density at radius 3 is 2.33 bits per heavy atom. The molecule has 1 aliphatic rings. The second kappa shape index (κ2) is 12.2. The molecule has 1 saturated heterocycles. The van der Waals surface area contributed by atoms with E-state index in [1.165, 1.54) is 10.8 Å². The Bertz CT molecular complexity index is 1450. The minimum absolute atomic E-state index is 0.0216. The minimum Gasteiger partial charge on any atom is -0.459 e. The fraction of sp³-hybridized carbons (Fsp3) is 0.333. The van der Waals surface area contributed by atoms with Crippen molar-refractivity contribution in [2.45, 2.75) is 45.1 Å². The van der Waals surface area contributed by atoms with Gasteiger partial charge in [0.15, 0.2) is 0 Å². The molecular weight excluding hydrogens is 504 g/mol. The molecule has 0 bridgehead atoms. The van der Waals surface area contributed by atoms with E-state index in [1.807, 2.05) is 13.8 Å². The van der Waals surface area contributed by atoms with Gasteiger partial charge in [-0.25, -0.2) is 14.4 Å². The molecule has 3 unspecified atom stereocenters. The SMILES string of the molecule is Cc1ccc(C(=O)OCC2OC(n3cc(CCN=[N+]=[N-])c(N)nc3=O)CC2OC(=O)c2ccc(C)cc2)cc1. The van der Waals surface area contributed by atoms with Crippen LogP contribution in [0.25, 0.3) is 10.4 Å². The third-order valence-electron chi connectivity index (χ3n) is 6.31. The van der Waals surface area contributed by atoms with Gasteiger partial charge in [-0.15, -0.1) is 0 Å². The molecule has 2 heterocycles. The van der Waals surface area contributed by atoms with Gasteiger partial charge in [-0.1, -0.05) is 40.5 Å². The third kappa shape index (κ3) is 6.81. The number of hydrogen-bond acceptors (Lipinski definition) is 9. The minimum atomic E-state index is -0.872. The number of carbonyl (C=O) groups is 2. The number of aryl methyl sites for hydroxylation is 2. The van der Waals surface area contributed by atoms with Crippen LogP contribution in [-0.4, -0.2) is 46.8 Å². The lowest BCUT2D eigenvalue weighted by Crippen LogP contribution is -2.32. The van der Waals surface area contributed by atoms with Crippen LogP contribution in [0.15, 0.2) is 64.6 Å². The number of rotatable bonds is 9. The molecular formula is C27H28N6O6. The summed E-state index contributed by atoms with van der Waals surface area (Å²) in [4.78, 5) is 44.8. The smallest absolute Gasteiger partial charge is 0.351 e. The predicted octanol–water partition coefficient (Wildman–Crippen LogP) is 3.67. The van der Waals surface area contributed by atoms with Crippen molar-refractivity contribution in [2.24, 2.45) is 5.11 Å². The van der Waals surface area contributed by atoms with Crippen molar-refractivity contribution in [3.63, 3.8) is 0 Å². The average molecular weight is 533 g/mol. The first-order valence-corrected chi connectivity index (χ1v) is 12.3. The van der Waals surface area contributed by atoms with E-state index in [0.29, 0.717) is 16.7 Å². The van der Waals surface area contributed by atoms with E-state index in [-0.39, 0.29) is 31.8 Å². The second-order valence-electron chi connectivity index (χ2n) is 9.18. The lowest BCUT2D eigenvalue weighted by Gasteiger charge is -2.19. The maximum absolute atomic E-state index is 12.9. The van der Waals surface area contributed by atoms with Crippen LogP contribution in [0.1, 0.15) is 50.1 Å². The number of hydrogen-bond donors (Lipinski definition) is 1. The first-order chi connectivity index (χ1) is 18.7. The van der Waals surface area contributed by atoms with Gasteiger partial charge in [-0.2, -0.15) is 4.98 Å². The molecule has 0 saturated carbocycles. The molecule has 3 aromatic rings. The number of nitrogens with zero attached hydrogens (tertiary/aromatic N) is 5. The fourth-order valence-electron chi connectivity index (χ4n) is 4.11. The average Bonchev–Trinajstić information content (AvgIpc) is 3.31. The van der Waals surface area contributed by atoms with Gasteiger partial charge in [0.1, 0.15) is 30.9 Å². The fourth-order valence-corrected chi connectivity index (χ4v) is 4.11. The van der Waals surface area contributed by atoms with Gasteiger partial charge in [-0.05, 0) is 50.1 Å². The summed E-state index contributed by atoms with van der Waals surface area (Å²) in [6.45, 7) is 3.73. The van der Waals surface area contributed by atoms with Crippen molar-refractivity contribution in [1.82, 2.24) is 9.55 Å². The summed E-state index contributed by atoms with van der Waals surface area (Å²) < 4.78 is 18.6. The van der Waals surface area contributed by atoms with Gasteiger partial charge in [-0.3, -0.25) is 4.57 Å². The molecule has 4 rings (SSSR count). The number of carbonyl (C=O) groups excluding carboxylic acids is 2. The number of azide groups is 1. The molecule has 202 valence electrons.